The number of amides is 3. The van der Waals surface area contributed by atoms with Crippen LogP contribution in [0.15, 0.2) is 22.8 Å². The van der Waals surface area contributed by atoms with Crippen molar-refractivity contribution < 1.29 is 14.0 Å². The molecule has 0 radical (unpaired) electrons. The van der Waals surface area contributed by atoms with Gasteiger partial charge < -0.3 is 20.0 Å². The molecule has 1 aromatic heterocycles. The molecular weight excluding hydrogens is 258 g/mol. The van der Waals surface area contributed by atoms with E-state index in [1.165, 1.54) is 0 Å². The van der Waals surface area contributed by atoms with Gasteiger partial charge in [-0.05, 0) is 25.0 Å². The highest BCUT2D eigenvalue weighted by atomic mass is 16.3. The molecule has 0 fully saturated rings. The van der Waals surface area contributed by atoms with Gasteiger partial charge in [-0.25, -0.2) is 4.79 Å². The molecule has 0 aliphatic carbocycles. The van der Waals surface area contributed by atoms with Crippen molar-refractivity contribution in [2.75, 3.05) is 19.6 Å². The first-order valence-electron chi connectivity index (χ1n) is 6.84. The molecule has 0 saturated heterocycles. The molecule has 20 heavy (non-hydrogen) atoms. The molecule has 0 spiro atoms. The fourth-order valence-corrected chi connectivity index (χ4v) is 1.76. The third-order valence-corrected chi connectivity index (χ3v) is 2.72. The smallest absolute Gasteiger partial charge is 0.315 e. The average molecular weight is 281 g/mol. The molecule has 0 aliphatic heterocycles. The van der Waals surface area contributed by atoms with Gasteiger partial charge in [0.05, 0.1) is 19.4 Å². The van der Waals surface area contributed by atoms with E-state index in [-0.39, 0.29) is 18.5 Å². The number of likely N-dealkylation sites (N-methyl/N-ethyl adjacent to an activating group) is 1. The Morgan fingerprint density at radius 3 is 2.65 bits per heavy atom. The fraction of sp³-hybridized carbons (Fsp3) is 0.571. The van der Waals surface area contributed by atoms with E-state index >= 15 is 0 Å². The van der Waals surface area contributed by atoms with Crippen LogP contribution in [0, 0.1) is 5.92 Å². The molecule has 0 saturated carbocycles. The summed E-state index contributed by atoms with van der Waals surface area (Å²) in [5, 5.41) is 5.17. The van der Waals surface area contributed by atoms with Gasteiger partial charge in [-0.1, -0.05) is 13.8 Å². The predicted octanol–water partition coefficient (Wildman–Crippen LogP) is 1.58. The van der Waals surface area contributed by atoms with E-state index in [0.717, 1.165) is 0 Å². The number of nitrogens with zero attached hydrogens (tertiary/aromatic N) is 1. The van der Waals surface area contributed by atoms with E-state index in [1.807, 2.05) is 6.92 Å². The van der Waals surface area contributed by atoms with Crippen LogP contribution in [0.1, 0.15) is 26.5 Å². The van der Waals surface area contributed by atoms with Gasteiger partial charge in [0.1, 0.15) is 5.76 Å². The summed E-state index contributed by atoms with van der Waals surface area (Å²) >= 11 is 0. The zero-order chi connectivity index (χ0) is 15.0. The van der Waals surface area contributed by atoms with E-state index in [4.69, 9.17) is 4.42 Å². The van der Waals surface area contributed by atoms with Crippen LogP contribution < -0.4 is 10.6 Å². The molecule has 1 heterocycles. The molecule has 0 aromatic carbocycles. The lowest BCUT2D eigenvalue weighted by Gasteiger charge is -2.23. The van der Waals surface area contributed by atoms with E-state index in [9.17, 15) is 9.59 Å². The van der Waals surface area contributed by atoms with Crippen molar-refractivity contribution in [2.45, 2.75) is 27.3 Å². The molecule has 6 heteroatoms. The van der Waals surface area contributed by atoms with Crippen LogP contribution in [0.3, 0.4) is 0 Å². The van der Waals surface area contributed by atoms with Crippen molar-refractivity contribution in [3.63, 3.8) is 0 Å². The minimum atomic E-state index is -0.379. The second-order valence-corrected chi connectivity index (χ2v) is 4.94. The van der Waals surface area contributed by atoms with Crippen molar-refractivity contribution in [2.24, 2.45) is 5.92 Å². The van der Waals surface area contributed by atoms with E-state index in [1.54, 1.807) is 23.3 Å². The number of furan rings is 1. The largest absolute Gasteiger partial charge is 0.467 e. The summed E-state index contributed by atoms with van der Waals surface area (Å²) < 4.78 is 5.09. The summed E-state index contributed by atoms with van der Waals surface area (Å²) in [7, 11) is 0. The van der Waals surface area contributed by atoms with E-state index < -0.39 is 0 Å². The second-order valence-electron chi connectivity index (χ2n) is 4.94. The Labute approximate surface area is 119 Å². The first-order valence-corrected chi connectivity index (χ1v) is 6.84. The SMILES string of the molecule is CCN(CC(C)C)C(=O)CNC(=O)NCc1ccco1. The monoisotopic (exact) mass is 281 g/mol. The number of rotatable bonds is 7. The molecule has 3 amide bonds. The average Bonchev–Trinajstić information content (AvgIpc) is 2.92. The minimum Gasteiger partial charge on any atom is -0.467 e. The topological polar surface area (TPSA) is 74.6 Å². The molecular formula is C14H23N3O3. The summed E-state index contributed by atoms with van der Waals surface area (Å²) in [6.07, 6.45) is 1.55. The first-order chi connectivity index (χ1) is 9.52. The normalized spacial score (nSPS) is 10.4. The molecule has 6 nitrogen and oxygen atoms in total. The van der Waals surface area contributed by atoms with Crippen molar-refractivity contribution >= 4 is 11.9 Å². The summed E-state index contributed by atoms with van der Waals surface area (Å²) in [5.41, 5.74) is 0. The van der Waals surface area contributed by atoms with E-state index in [0.29, 0.717) is 31.3 Å². The Bertz CT molecular complexity index is 415. The van der Waals surface area contributed by atoms with Crippen LogP contribution in [-0.2, 0) is 11.3 Å². The van der Waals surface area contributed by atoms with Gasteiger partial charge in [-0.2, -0.15) is 0 Å². The fourth-order valence-electron chi connectivity index (χ4n) is 1.76. The maximum atomic E-state index is 11.9. The number of carbonyl (C=O) groups is 2. The lowest BCUT2D eigenvalue weighted by Crippen LogP contribution is -2.44. The summed E-state index contributed by atoms with van der Waals surface area (Å²) in [6, 6.07) is 3.14. The summed E-state index contributed by atoms with van der Waals surface area (Å²) in [4.78, 5) is 25.2. The quantitative estimate of drug-likeness (QED) is 0.797. The van der Waals surface area contributed by atoms with Crippen molar-refractivity contribution in [3.05, 3.63) is 24.2 Å². The van der Waals surface area contributed by atoms with Crippen LogP contribution in [0.2, 0.25) is 0 Å². The Morgan fingerprint density at radius 2 is 2.10 bits per heavy atom. The van der Waals surface area contributed by atoms with Crippen molar-refractivity contribution in [1.82, 2.24) is 15.5 Å². The van der Waals surface area contributed by atoms with Gasteiger partial charge >= 0.3 is 6.03 Å². The molecule has 0 bridgehead atoms. The van der Waals surface area contributed by atoms with Crippen LogP contribution in [0.25, 0.3) is 0 Å². The molecule has 1 rings (SSSR count). The minimum absolute atomic E-state index is 0.00451. The Balaban J connectivity index is 2.26. The Hall–Kier alpha value is -1.98. The summed E-state index contributed by atoms with van der Waals surface area (Å²) in [6.45, 7) is 7.69. The first kappa shape index (κ1) is 16.1. The zero-order valence-electron chi connectivity index (χ0n) is 12.3. The third-order valence-electron chi connectivity index (χ3n) is 2.72. The number of carbonyl (C=O) groups excluding carboxylic acids is 2. The van der Waals surface area contributed by atoms with Crippen LogP contribution in [-0.4, -0.2) is 36.5 Å². The van der Waals surface area contributed by atoms with Gasteiger partial charge in [-0.3, -0.25) is 4.79 Å². The highest BCUT2D eigenvalue weighted by Gasteiger charge is 2.13. The number of nitrogens with one attached hydrogen (secondary N) is 2. The molecule has 0 atom stereocenters. The van der Waals surface area contributed by atoms with Crippen LogP contribution in [0.5, 0.6) is 0 Å². The Kier molecular flexibility index (Phi) is 6.63. The van der Waals surface area contributed by atoms with Gasteiger partial charge in [0.25, 0.3) is 0 Å². The molecule has 0 unspecified atom stereocenters. The van der Waals surface area contributed by atoms with Gasteiger partial charge in [-0.15, -0.1) is 0 Å². The van der Waals surface area contributed by atoms with Gasteiger partial charge in [0.15, 0.2) is 0 Å². The lowest BCUT2D eigenvalue weighted by molar-refractivity contribution is -0.130. The highest BCUT2D eigenvalue weighted by molar-refractivity contribution is 5.83. The maximum Gasteiger partial charge on any atom is 0.315 e. The van der Waals surface area contributed by atoms with Gasteiger partial charge in [0.2, 0.25) is 5.91 Å². The second kappa shape index (κ2) is 8.24. The standard InChI is InChI=1S/C14H23N3O3/c1-4-17(10-11(2)3)13(18)9-16-14(19)15-8-12-6-5-7-20-12/h5-7,11H,4,8-10H2,1-3H3,(H2,15,16,19). The Morgan fingerprint density at radius 1 is 1.35 bits per heavy atom. The lowest BCUT2D eigenvalue weighted by atomic mass is 10.2. The molecule has 112 valence electrons. The van der Waals surface area contributed by atoms with Crippen LogP contribution in [0.4, 0.5) is 4.79 Å². The number of urea groups is 1. The van der Waals surface area contributed by atoms with Crippen molar-refractivity contribution in [1.29, 1.82) is 0 Å². The van der Waals surface area contributed by atoms with E-state index in [2.05, 4.69) is 24.5 Å². The summed E-state index contributed by atoms with van der Waals surface area (Å²) in [5.74, 6) is 1.00. The van der Waals surface area contributed by atoms with Gasteiger partial charge in [0, 0.05) is 13.1 Å². The highest BCUT2D eigenvalue weighted by Crippen LogP contribution is 1.99. The third kappa shape index (κ3) is 5.77. The predicted molar refractivity (Wildman–Crippen MR) is 76.0 cm³/mol. The molecule has 2 N–H and O–H groups in total. The number of hydrogen-bond donors (Lipinski definition) is 2. The molecule has 0 aliphatic rings. The zero-order valence-corrected chi connectivity index (χ0v) is 12.3. The van der Waals surface area contributed by atoms with Crippen LogP contribution >= 0.6 is 0 Å². The number of hydrogen-bond acceptors (Lipinski definition) is 3. The molecule has 1 aromatic rings. The maximum absolute atomic E-state index is 11.9. The van der Waals surface area contributed by atoms with Crippen molar-refractivity contribution in [3.8, 4) is 0 Å².